The summed E-state index contributed by atoms with van der Waals surface area (Å²) >= 11 is 0. The number of phenols is 1. The maximum Gasteiger partial charge on any atom is 0.200 e. The summed E-state index contributed by atoms with van der Waals surface area (Å²) in [5.74, 6) is -0.329. The number of hydrogen-bond acceptors (Lipinski definition) is 5. The molecule has 1 aliphatic heterocycles. The number of halogens is 1. The molecule has 2 aromatic rings. The van der Waals surface area contributed by atoms with E-state index in [9.17, 15) is 14.3 Å². The van der Waals surface area contributed by atoms with E-state index in [2.05, 4.69) is 0 Å². The minimum absolute atomic E-state index is 0.108. The summed E-state index contributed by atoms with van der Waals surface area (Å²) in [6.07, 6.45) is 5.04. The fraction of sp³-hybridized carbons (Fsp3) is 0.286. The topological polar surface area (TPSA) is 59.0 Å². The van der Waals surface area contributed by atoms with Gasteiger partial charge in [0.1, 0.15) is 5.82 Å². The number of methoxy groups -OCH3 is 2. The Balaban J connectivity index is 1.80. The highest BCUT2D eigenvalue weighted by Gasteiger charge is 2.17. The Hall–Kier alpha value is -3.02. The van der Waals surface area contributed by atoms with E-state index in [4.69, 9.17) is 9.47 Å². The first-order valence-electron chi connectivity index (χ1n) is 8.75. The number of hydrogen-bond donors (Lipinski definition) is 1. The fourth-order valence-corrected chi connectivity index (χ4v) is 3.15. The summed E-state index contributed by atoms with van der Waals surface area (Å²) in [4.78, 5) is 14.4. The van der Waals surface area contributed by atoms with E-state index in [0.29, 0.717) is 11.3 Å². The van der Waals surface area contributed by atoms with Crippen molar-refractivity contribution in [1.29, 1.82) is 0 Å². The maximum absolute atomic E-state index is 14.4. The second-order valence-electron chi connectivity index (χ2n) is 6.33. The van der Waals surface area contributed by atoms with E-state index in [0.717, 1.165) is 25.9 Å². The van der Waals surface area contributed by atoms with Crippen molar-refractivity contribution in [3.63, 3.8) is 0 Å². The van der Waals surface area contributed by atoms with Gasteiger partial charge in [0.05, 0.1) is 19.9 Å². The van der Waals surface area contributed by atoms with Gasteiger partial charge >= 0.3 is 0 Å². The van der Waals surface area contributed by atoms with Crippen molar-refractivity contribution in [3.8, 4) is 17.2 Å². The number of rotatable bonds is 6. The van der Waals surface area contributed by atoms with Crippen LogP contribution in [0.2, 0.25) is 0 Å². The second kappa shape index (κ2) is 8.12. The molecule has 0 aromatic heterocycles. The van der Waals surface area contributed by atoms with Crippen molar-refractivity contribution in [3.05, 3.63) is 53.4 Å². The van der Waals surface area contributed by atoms with Crippen molar-refractivity contribution in [1.82, 2.24) is 0 Å². The molecule has 0 saturated carbocycles. The number of anilines is 1. The van der Waals surface area contributed by atoms with Crippen LogP contribution in [-0.2, 0) is 0 Å². The summed E-state index contributed by atoms with van der Waals surface area (Å²) in [6.45, 7) is 1.68. The monoisotopic (exact) mass is 371 g/mol. The van der Waals surface area contributed by atoms with Crippen LogP contribution in [0.15, 0.2) is 36.4 Å². The molecule has 5 nitrogen and oxygen atoms in total. The molecular weight excluding hydrogens is 349 g/mol. The highest BCUT2D eigenvalue weighted by molar-refractivity contribution is 6.07. The predicted octanol–water partition coefficient (Wildman–Crippen LogP) is 4.04. The van der Waals surface area contributed by atoms with Crippen LogP contribution >= 0.6 is 0 Å². The first-order valence-corrected chi connectivity index (χ1v) is 8.75. The maximum atomic E-state index is 14.4. The molecule has 142 valence electrons. The highest BCUT2D eigenvalue weighted by atomic mass is 19.1. The van der Waals surface area contributed by atoms with E-state index in [1.54, 1.807) is 30.3 Å². The predicted molar refractivity (Wildman–Crippen MR) is 102 cm³/mol. The van der Waals surface area contributed by atoms with Crippen LogP contribution in [0.25, 0.3) is 6.08 Å². The van der Waals surface area contributed by atoms with Crippen molar-refractivity contribution in [2.45, 2.75) is 12.8 Å². The molecule has 0 amide bonds. The van der Waals surface area contributed by atoms with Gasteiger partial charge in [0, 0.05) is 18.7 Å². The van der Waals surface area contributed by atoms with Gasteiger partial charge < -0.3 is 19.5 Å². The molecule has 0 aliphatic carbocycles. The van der Waals surface area contributed by atoms with Crippen LogP contribution in [0.4, 0.5) is 10.1 Å². The number of nitrogens with zero attached hydrogens (tertiary/aromatic N) is 1. The molecule has 6 heteroatoms. The molecule has 0 bridgehead atoms. The Kier molecular flexibility index (Phi) is 5.64. The molecule has 3 rings (SSSR count). The van der Waals surface area contributed by atoms with Gasteiger partial charge in [-0.3, -0.25) is 4.79 Å². The lowest BCUT2D eigenvalue weighted by molar-refractivity contribution is 0.104. The molecule has 1 N–H and O–H groups in total. The van der Waals surface area contributed by atoms with E-state index in [-0.39, 0.29) is 34.4 Å². The van der Waals surface area contributed by atoms with Crippen LogP contribution < -0.4 is 14.4 Å². The molecule has 1 saturated heterocycles. The number of aromatic hydroxyl groups is 1. The average Bonchev–Trinajstić information content (AvgIpc) is 3.21. The average molecular weight is 371 g/mol. The first-order chi connectivity index (χ1) is 13.0. The third-order valence-corrected chi connectivity index (χ3v) is 4.61. The van der Waals surface area contributed by atoms with Crippen molar-refractivity contribution < 1.29 is 23.8 Å². The normalized spacial score (nSPS) is 14.0. The number of carbonyl (C=O) groups excluding carboxylic acids is 1. The molecule has 2 aromatic carbocycles. The summed E-state index contributed by atoms with van der Waals surface area (Å²) < 4.78 is 24.6. The Labute approximate surface area is 157 Å². The van der Waals surface area contributed by atoms with Crippen molar-refractivity contribution >= 4 is 17.5 Å². The zero-order chi connectivity index (χ0) is 19.4. The summed E-state index contributed by atoms with van der Waals surface area (Å²) in [5.41, 5.74) is 1.44. The first kappa shape index (κ1) is 18.8. The van der Waals surface area contributed by atoms with E-state index in [1.165, 1.54) is 26.4 Å². The minimum atomic E-state index is -0.385. The fourth-order valence-electron chi connectivity index (χ4n) is 3.15. The van der Waals surface area contributed by atoms with Gasteiger partial charge in [0.15, 0.2) is 17.3 Å². The van der Waals surface area contributed by atoms with Crippen LogP contribution in [0.3, 0.4) is 0 Å². The molecule has 1 fully saturated rings. The van der Waals surface area contributed by atoms with E-state index >= 15 is 0 Å². The van der Waals surface area contributed by atoms with Gasteiger partial charge in [-0.25, -0.2) is 4.39 Å². The van der Waals surface area contributed by atoms with E-state index in [1.807, 2.05) is 4.90 Å². The third kappa shape index (κ3) is 4.05. The largest absolute Gasteiger partial charge is 0.502 e. The smallest absolute Gasteiger partial charge is 0.200 e. The van der Waals surface area contributed by atoms with Gasteiger partial charge in [0.2, 0.25) is 5.75 Å². The molecule has 0 atom stereocenters. The number of phenolic OH excluding ortho intramolecular Hbond substituents is 1. The van der Waals surface area contributed by atoms with Crippen LogP contribution in [0.1, 0.15) is 28.8 Å². The highest BCUT2D eigenvalue weighted by Crippen LogP contribution is 2.37. The number of allylic oxidation sites excluding steroid dienone is 1. The zero-order valence-corrected chi connectivity index (χ0v) is 15.4. The summed E-state index contributed by atoms with van der Waals surface area (Å²) in [5, 5.41) is 9.93. The Bertz CT molecular complexity index is 847. The van der Waals surface area contributed by atoms with Crippen LogP contribution in [0.5, 0.6) is 17.2 Å². The quantitative estimate of drug-likeness (QED) is 0.613. The van der Waals surface area contributed by atoms with Crippen molar-refractivity contribution in [2.24, 2.45) is 0 Å². The Morgan fingerprint density at radius 2 is 1.74 bits per heavy atom. The number of ether oxygens (including phenoxy) is 2. The number of ketones is 1. The van der Waals surface area contributed by atoms with Gasteiger partial charge in [-0.1, -0.05) is 6.08 Å². The molecule has 0 unspecified atom stereocenters. The summed E-state index contributed by atoms with van der Waals surface area (Å²) in [6, 6.07) is 7.74. The van der Waals surface area contributed by atoms with Gasteiger partial charge in [0.25, 0.3) is 0 Å². The molecular formula is C21H22FNO4. The van der Waals surface area contributed by atoms with E-state index < -0.39 is 0 Å². The lowest BCUT2D eigenvalue weighted by Crippen LogP contribution is -2.19. The van der Waals surface area contributed by atoms with Crippen LogP contribution in [-0.4, -0.2) is 38.2 Å². The number of benzene rings is 2. The van der Waals surface area contributed by atoms with Gasteiger partial charge in [-0.2, -0.15) is 0 Å². The standard InChI is InChI=1S/C21H22FNO4/c1-26-19-11-14(12-20(27-2)21(19)25)5-8-18(24)15-6-7-17(16(22)13-15)23-9-3-4-10-23/h5-8,11-13,25H,3-4,9-10H2,1-2H3/b8-5+. The van der Waals surface area contributed by atoms with Gasteiger partial charge in [-0.15, -0.1) is 0 Å². The number of carbonyl (C=O) groups is 1. The lowest BCUT2D eigenvalue weighted by Gasteiger charge is -2.18. The molecule has 0 radical (unpaired) electrons. The molecule has 1 heterocycles. The SMILES string of the molecule is COc1cc(/C=C/C(=O)c2ccc(N3CCCC3)c(F)c2)cc(OC)c1O. The molecule has 1 aliphatic rings. The van der Waals surface area contributed by atoms with Crippen LogP contribution in [0, 0.1) is 5.82 Å². The van der Waals surface area contributed by atoms with Crippen molar-refractivity contribution in [2.75, 3.05) is 32.2 Å². The molecule has 0 spiro atoms. The second-order valence-corrected chi connectivity index (χ2v) is 6.33. The Morgan fingerprint density at radius 3 is 2.30 bits per heavy atom. The minimum Gasteiger partial charge on any atom is -0.502 e. The molecule has 27 heavy (non-hydrogen) atoms. The lowest BCUT2D eigenvalue weighted by atomic mass is 10.1. The zero-order valence-electron chi connectivity index (χ0n) is 15.4. The summed E-state index contributed by atoms with van der Waals surface area (Å²) in [7, 11) is 2.86. The third-order valence-electron chi connectivity index (χ3n) is 4.61. The Morgan fingerprint density at radius 1 is 1.11 bits per heavy atom. The van der Waals surface area contributed by atoms with Gasteiger partial charge in [-0.05, 0) is 54.8 Å².